The number of nitrogens with two attached hydrogens (primary N) is 1. The van der Waals surface area contributed by atoms with Gasteiger partial charge in [-0.25, -0.2) is 4.57 Å². The number of allylic oxidation sites excluding steroid dienone is 22. The summed E-state index contributed by atoms with van der Waals surface area (Å²) in [4.78, 5) is 22.5. The van der Waals surface area contributed by atoms with Crippen molar-refractivity contribution in [2.75, 3.05) is 33.0 Å². The molecule has 0 amide bonds. The van der Waals surface area contributed by atoms with Crippen molar-refractivity contribution < 1.29 is 32.8 Å². The van der Waals surface area contributed by atoms with Crippen molar-refractivity contribution in [1.29, 1.82) is 0 Å². The summed E-state index contributed by atoms with van der Waals surface area (Å²) in [5.41, 5.74) is 5.37. The highest BCUT2D eigenvalue weighted by Gasteiger charge is 2.25. The summed E-state index contributed by atoms with van der Waals surface area (Å²) in [7, 11) is -4.31. The van der Waals surface area contributed by atoms with Gasteiger partial charge < -0.3 is 20.1 Å². The van der Waals surface area contributed by atoms with E-state index in [1.54, 1.807) is 0 Å². The Morgan fingerprint density at radius 3 is 1.28 bits per heavy atom. The lowest BCUT2D eigenvalue weighted by Gasteiger charge is -2.20. The molecule has 0 saturated heterocycles. The lowest BCUT2D eigenvalue weighted by Crippen LogP contribution is -2.28. The van der Waals surface area contributed by atoms with Crippen molar-refractivity contribution in [2.45, 2.75) is 148 Å². The molecule has 0 aromatic heterocycles. The van der Waals surface area contributed by atoms with E-state index in [9.17, 15) is 14.3 Å². The van der Waals surface area contributed by atoms with Crippen molar-refractivity contribution in [1.82, 2.24) is 0 Å². The quantitative estimate of drug-likeness (QED) is 0.0270. The maximum Gasteiger partial charge on any atom is 0.472 e. The van der Waals surface area contributed by atoms with E-state index in [4.69, 9.17) is 24.3 Å². The third-order valence-corrected chi connectivity index (χ3v) is 9.55. The fraction of sp³-hybridized carbons (Fsp3) is 0.549. The predicted molar refractivity (Wildman–Crippen MR) is 256 cm³/mol. The van der Waals surface area contributed by atoms with Gasteiger partial charge in [-0.1, -0.05) is 160 Å². The van der Waals surface area contributed by atoms with Crippen LogP contribution >= 0.6 is 7.82 Å². The molecule has 8 nitrogen and oxygen atoms in total. The molecule has 0 aliphatic heterocycles. The summed E-state index contributed by atoms with van der Waals surface area (Å²) < 4.78 is 33.4. The minimum absolute atomic E-state index is 0.0693. The largest absolute Gasteiger partial charge is 0.472 e. The van der Waals surface area contributed by atoms with Crippen LogP contribution in [0.5, 0.6) is 0 Å². The smallest absolute Gasteiger partial charge is 0.457 e. The first-order valence-corrected chi connectivity index (χ1v) is 24.2. The Kier molecular flexibility index (Phi) is 44.1. The minimum Gasteiger partial charge on any atom is -0.457 e. The Labute approximate surface area is 366 Å². The Hall–Kier alpha value is -3.36. The van der Waals surface area contributed by atoms with Crippen LogP contribution in [0.4, 0.5) is 0 Å². The lowest BCUT2D eigenvalue weighted by molar-refractivity contribution is -0.154. The SMILES string of the molecule is CC/C=C\C/C=C\C/C=C\C/C=C\C/C=C\C/C=C\CCCCCOCC(COP(=O)(O)OCCN)OC(=O)CCCCC/C=C\C/C=C\C/C=C\C/C=C\C/C=C\CC. The Morgan fingerprint density at radius 1 is 0.500 bits per heavy atom. The Morgan fingerprint density at radius 2 is 0.883 bits per heavy atom. The number of rotatable bonds is 41. The highest BCUT2D eigenvalue weighted by atomic mass is 31.2. The van der Waals surface area contributed by atoms with Crippen LogP contribution < -0.4 is 5.73 Å². The van der Waals surface area contributed by atoms with Crippen molar-refractivity contribution in [3.63, 3.8) is 0 Å². The van der Waals surface area contributed by atoms with E-state index in [1.165, 1.54) is 0 Å². The lowest BCUT2D eigenvalue weighted by atomic mass is 10.1. The van der Waals surface area contributed by atoms with E-state index in [0.717, 1.165) is 116 Å². The molecular weight excluding hydrogens is 770 g/mol. The van der Waals surface area contributed by atoms with E-state index >= 15 is 0 Å². The van der Waals surface area contributed by atoms with E-state index in [1.807, 2.05) is 0 Å². The van der Waals surface area contributed by atoms with Gasteiger partial charge in [-0.2, -0.15) is 0 Å². The molecule has 0 saturated carbocycles. The Bertz CT molecular complexity index is 1370. The minimum atomic E-state index is -4.31. The highest BCUT2D eigenvalue weighted by molar-refractivity contribution is 7.47. The molecule has 0 rings (SSSR count). The van der Waals surface area contributed by atoms with Crippen LogP contribution in [0.3, 0.4) is 0 Å². The van der Waals surface area contributed by atoms with Crippen LogP contribution in [0.15, 0.2) is 134 Å². The van der Waals surface area contributed by atoms with Crippen molar-refractivity contribution in [2.24, 2.45) is 5.73 Å². The summed E-state index contributed by atoms with van der Waals surface area (Å²) in [6, 6.07) is 0. The fourth-order valence-electron chi connectivity index (χ4n) is 5.32. The number of unbranched alkanes of at least 4 members (excludes halogenated alkanes) is 6. The molecule has 0 aliphatic carbocycles. The van der Waals surface area contributed by atoms with Gasteiger partial charge in [0, 0.05) is 19.6 Å². The first-order chi connectivity index (χ1) is 29.4. The monoisotopic (exact) mass is 852 g/mol. The van der Waals surface area contributed by atoms with E-state index < -0.39 is 13.9 Å². The number of hydrogen-bond donors (Lipinski definition) is 2. The first kappa shape index (κ1) is 56.6. The molecule has 0 aromatic rings. The molecule has 9 heteroatoms. The molecule has 2 unspecified atom stereocenters. The first-order valence-electron chi connectivity index (χ1n) is 22.7. The number of carbonyl (C=O) groups is 1. The number of esters is 1. The molecule has 0 aromatic carbocycles. The summed E-state index contributed by atoms with van der Waals surface area (Å²) in [5, 5.41) is 0. The zero-order valence-electron chi connectivity index (χ0n) is 37.4. The van der Waals surface area contributed by atoms with Crippen molar-refractivity contribution in [3.8, 4) is 0 Å². The second-order valence-corrected chi connectivity index (χ2v) is 15.6. The third-order valence-electron chi connectivity index (χ3n) is 8.56. The zero-order valence-corrected chi connectivity index (χ0v) is 38.3. The van der Waals surface area contributed by atoms with Crippen LogP contribution in [0.25, 0.3) is 0 Å². The topological polar surface area (TPSA) is 117 Å². The van der Waals surface area contributed by atoms with Crippen LogP contribution in [0.2, 0.25) is 0 Å². The number of ether oxygens (including phenoxy) is 2. The van der Waals surface area contributed by atoms with Crippen LogP contribution in [-0.4, -0.2) is 49.9 Å². The molecule has 3 N–H and O–H groups in total. The molecule has 0 bridgehead atoms. The van der Waals surface area contributed by atoms with Crippen LogP contribution in [-0.2, 0) is 27.9 Å². The highest BCUT2D eigenvalue weighted by Crippen LogP contribution is 2.43. The molecule has 0 spiro atoms. The average molecular weight is 852 g/mol. The maximum absolute atomic E-state index is 12.6. The predicted octanol–water partition coefficient (Wildman–Crippen LogP) is 14.0. The van der Waals surface area contributed by atoms with Gasteiger partial charge in [0.2, 0.25) is 0 Å². The number of carbonyl (C=O) groups excluding carboxylic acids is 1. The van der Waals surface area contributed by atoms with Gasteiger partial charge >= 0.3 is 13.8 Å². The van der Waals surface area contributed by atoms with Gasteiger partial charge in [0.05, 0.1) is 19.8 Å². The zero-order chi connectivity index (χ0) is 43.7. The average Bonchev–Trinajstić information content (AvgIpc) is 3.24. The third kappa shape index (κ3) is 45.7. The fourth-order valence-corrected chi connectivity index (χ4v) is 6.08. The standard InChI is InChI=1S/C51H82NO7P/c1-3-5-7-9-11-13-15-17-19-21-23-24-25-27-29-31-33-35-37-39-41-43-46-56-48-50(49-58-60(54,55)57-47-45-52)59-51(53)44-42-40-38-36-34-32-30-28-26-22-20-18-16-14-12-10-8-6-4-2/h5-8,11-14,17-20,23-24,26-29,32-35,50H,3-4,9-10,15-16,21-22,25,30-31,36-49,52H2,1-2H3,(H,54,55)/b7-5-,8-6-,13-11-,14-12-,19-17-,20-18-,24-23-,28-26-,29-27-,34-32-,35-33-. The van der Waals surface area contributed by atoms with Gasteiger partial charge in [0.15, 0.2) is 0 Å². The molecule has 2 atom stereocenters. The molecule has 60 heavy (non-hydrogen) atoms. The number of hydrogen-bond acceptors (Lipinski definition) is 7. The van der Waals surface area contributed by atoms with Gasteiger partial charge in [0.25, 0.3) is 0 Å². The summed E-state index contributed by atoms with van der Waals surface area (Å²) in [6.07, 6.45) is 66.2. The van der Waals surface area contributed by atoms with Gasteiger partial charge in [-0.05, 0) is 109 Å². The molecule has 0 radical (unpaired) electrons. The van der Waals surface area contributed by atoms with Crippen LogP contribution in [0.1, 0.15) is 142 Å². The summed E-state index contributed by atoms with van der Waals surface area (Å²) >= 11 is 0. The molecular formula is C51H82NO7P. The van der Waals surface area contributed by atoms with E-state index in [2.05, 4.69) is 148 Å². The normalized spacial score (nSPS) is 14.7. The summed E-state index contributed by atoms with van der Waals surface area (Å²) in [5.74, 6) is -0.380. The van der Waals surface area contributed by atoms with Crippen molar-refractivity contribution in [3.05, 3.63) is 134 Å². The molecule has 0 heterocycles. The second-order valence-electron chi connectivity index (χ2n) is 14.1. The number of phosphoric acid groups is 1. The Balaban J connectivity index is 4.20. The second kappa shape index (κ2) is 46.7. The molecule has 338 valence electrons. The van der Waals surface area contributed by atoms with E-state index in [-0.39, 0.29) is 38.8 Å². The maximum atomic E-state index is 12.6. The molecule has 0 fully saturated rings. The van der Waals surface area contributed by atoms with Gasteiger partial charge in [-0.15, -0.1) is 0 Å². The summed E-state index contributed by atoms with van der Waals surface area (Å²) in [6.45, 7) is 4.51. The molecule has 0 aliphatic rings. The van der Waals surface area contributed by atoms with Gasteiger partial charge in [-0.3, -0.25) is 13.8 Å². The van der Waals surface area contributed by atoms with Crippen molar-refractivity contribution >= 4 is 13.8 Å². The van der Waals surface area contributed by atoms with Crippen LogP contribution in [0, 0.1) is 0 Å². The number of phosphoric ester groups is 1. The van der Waals surface area contributed by atoms with Gasteiger partial charge in [0.1, 0.15) is 6.10 Å². The van der Waals surface area contributed by atoms with E-state index in [0.29, 0.717) is 13.0 Å².